The van der Waals surface area contributed by atoms with E-state index >= 15 is 0 Å². The normalized spacial score (nSPS) is 28.4. The van der Waals surface area contributed by atoms with Gasteiger partial charge in [0.25, 0.3) is 5.56 Å². The average molecular weight is 445 g/mol. The number of nitrogens with one attached hydrogen (secondary N) is 1. The van der Waals surface area contributed by atoms with E-state index in [1.54, 1.807) is 0 Å². The molecule has 2 aromatic rings. The van der Waals surface area contributed by atoms with E-state index in [0.29, 0.717) is 0 Å². The Kier molecular flexibility index (Phi) is 5.09. The summed E-state index contributed by atoms with van der Waals surface area (Å²) in [5, 5.41) is 20.3. The molecule has 28 heavy (non-hydrogen) atoms. The van der Waals surface area contributed by atoms with Gasteiger partial charge in [-0.3, -0.25) is 18.9 Å². The summed E-state index contributed by atoms with van der Waals surface area (Å²) in [5.41, 5.74) is 4.18. The fourth-order valence-electron chi connectivity index (χ4n) is 2.48. The number of hydrogen-bond donors (Lipinski definition) is 7. The molecule has 1 fully saturated rings. The maximum atomic E-state index is 11.9. The molecule has 1 saturated heterocycles. The smallest absolute Gasteiger partial charge is 0.387 e. The number of nitrogen functional groups attached to an aromatic ring is 1. The summed E-state index contributed by atoms with van der Waals surface area (Å²) < 4.78 is 44.2. The van der Waals surface area contributed by atoms with E-state index in [1.807, 2.05) is 0 Å². The van der Waals surface area contributed by atoms with Crippen LogP contribution in [0.5, 0.6) is 0 Å². The second-order valence-electron chi connectivity index (χ2n) is 5.59. The lowest BCUT2D eigenvalue weighted by Crippen LogP contribution is -2.33. The number of phosphoric acid groups is 2. The summed E-state index contributed by atoms with van der Waals surface area (Å²) in [6.07, 6.45) is -7.05. The van der Waals surface area contributed by atoms with Crippen molar-refractivity contribution in [1.29, 1.82) is 0 Å². The minimum absolute atomic E-state index is 0.230. The molecule has 18 heteroatoms. The van der Waals surface area contributed by atoms with Gasteiger partial charge in [-0.2, -0.15) is 9.29 Å². The Labute approximate surface area is 155 Å². The van der Waals surface area contributed by atoms with Gasteiger partial charge in [0.05, 0.1) is 12.9 Å². The molecule has 156 valence electrons. The number of nitrogens with zero attached hydrogens (tertiary/aromatic N) is 3. The summed E-state index contributed by atoms with van der Waals surface area (Å²) in [4.78, 5) is 47.9. The molecule has 0 amide bonds. The first-order valence-electron chi connectivity index (χ1n) is 7.79. The zero-order chi connectivity index (χ0) is 21.7. The third-order valence-corrected chi connectivity index (χ3v) is 5.75. The van der Waals surface area contributed by atoms with Gasteiger partial charge in [-0.15, -0.1) is 0 Å². The number of anilines is 1. The summed E-state index contributed by atoms with van der Waals surface area (Å²) in [6, 6.07) is 0. The number of phosphoric ester groups is 1. The fourth-order valence-corrected chi connectivity index (χ4v) is 4.07. The highest BCUT2D eigenvalue weighted by Crippen LogP contribution is 2.57. The molecule has 1 aliphatic heterocycles. The number of aromatic amines is 1. The highest BCUT2D eigenvalue weighted by atomic mass is 31.3. The largest absolute Gasteiger partial charge is 0.481 e. The first kappa shape index (κ1) is 19.6. The molecule has 16 nitrogen and oxygen atoms in total. The molecule has 0 aromatic carbocycles. The van der Waals surface area contributed by atoms with Crippen LogP contribution in [0.15, 0.2) is 11.1 Å². The number of rotatable bonds is 6. The molecule has 0 saturated carbocycles. The number of imidazole rings is 1. The number of aliphatic hydroxyl groups excluding tert-OH is 2. The molecule has 1 unspecified atom stereocenters. The van der Waals surface area contributed by atoms with E-state index in [4.69, 9.17) is 21.6 Å². The van der Waals surface area contributed by atoms with Crippen molar-refractivity contribution in [3.8, 4) is 0 Å². The lowest BCUT2D eigenvalue weighted by Gasteiger charge is -2.17. The van der Waals surface area contributed by atoms with Crippen molar-refractivity contribution in [3.63, 3.8) is 0 Å². The van der Waals surface area contributed by atoms with Crippen LogP contribution in [0.3, 0.4) is 0 Å². The maximum Gasteiger partial charge on any atom is 0.481 e. The quantitative estimate of drug-likeness (QED) is 0.228. The Balaban J connectivity index is 1.85. The standard InChI is InChI=1S/C10H15N5O11P2/c11-10-13-7-4(8(18)14-10)12-2-15(7)9-6(17)5(16)3(25-9)1-24-28(22,23)26-27(19,20)21/h2-3,5-6,9,16-17H,1H2,(H,22,23)(H2,19,20,21)(H3,11,13,14,18)/t3-,5-,6-,9-/m1/s1/i2T. The minimum Gasteiger partial charge on any atom is -0.387 e. The van der Waals surface area contributed by atoms with E-state index in [9.17, 15) is 29.0 Å². The maximum absolute atomic E-state index is 11.9. The van der Waals surface area contributed by atoms with Crippen molar-refractivity contribution >= 4 is 32.8 Å². The van der Waals surface area contributed by atoms with Crippen LogP contribution in [-0.2, 0) is 22.7 Å². The average Bonchev–Trinajstić information content (AvgIpc) is 3.01. The second-order valence-corrected chi connectivity index (χ2v) is 8.42. The number of hydrogen-bond acceptors (Lipinski definition) is 11. The van der Waals surface area contributed by atoms with Crippen LogP contribution >= 0.6 is 15.6 Å². The van der Waals surface area contributed by atoms with Gasteiger partial charge in [-0.1, -0.05) is 0 Å². The molecule has 1 aliphatic rings. The monoisotopic (exact) mass is 445 g/mol. The highest BCUT2D eigenvalue weighted by molar-refractivity contribution is 7.60. The van der Waals surface area contributed by atoms with Gasteiger partial charge in [0.2, 0.25) is 5.95 Å². The Hall–Kier alpha value is -1.71. The summed E-state index contributed by atoms with van der Waals surface area (Å²) in [6.45, 7) is -0.932. The zero-order valence-corrected chi connectivity index (χ0v) is 15.3. The van der Waals surface area contributed by atoms with Crippen LogP contribution in [0, 0.1) is 0 Å². The molecular weight excluding hydrogens is 428 g/mol. The molecule has 0 spiro atoms. The van der Waals surface area contributed by atoms with Crippen molar-refractivity contribution in [2.45, 2.75) is 24.5 Å². The Morgan fingerprint density at radius 2 is 2.04 bits per heavy atom. The van der Waals surface area contributed by atoms with Gasteiger partial charge in [-0.25, -0.2) is 14.1 Å². The topological polar surface area (TPSA) is 253 Å². The number of ether oxygens (including phenoxy) is 1. The van der Waals surface area contributed by atoms with E-state index in [0.717, 1.165) is 4.57 Å². The highest BCUT2D eigenvalue weighted by Gasteiger charge is 2.46. The Morgan fingerprint density at radius 1 is 1.36 bits per heavy atom. The number of H-pyrrole nitrogens is 1. The zero-order valence-electron chi connectivity index (χ0n) is 14.5. The van der Waals surface area contributed by atoms with Crippen molar-refractivity contribution in [2.24, 2.45) is 0 Å². The number of nitrogens with two attached hydrogens (primary N) is 1. The molecule has 0 aliphatic carbocycles. The number of aliphatic hydroxyl groups is 2. The predicted octanol–water partition coefficient (Wildman–Crippen LogP) is -2.45. The summed E-state index contributed by atoms with van der Waals surface area (Å²) >= 11 is 0. The van der Waals surface area contributed by atoms with Gasteiger partial charge in [-0.05, 0) is 0 Å². The second kappa shape index (κ2) is 7.27. The predicted molar refractivity (Wildman–Crippen MR) is 87.4 cm³/mol. The molecule has 8 N–H and O–H groups in total. The molecule has 5 atom stereocenters. The van der Waals surface area contributed by atoms with Crippen molar-refractivity contribution < 1.29 is 49.0 Å². The SMILES string of the molecule is [3H]c1nc2c(=O)[nH]c(N)nc2n1[C@@H]1O[C@H](COP(=O)(O)OP(=O)(O)O)[C@@H](O)[C@H]1O. The van der Waals surface area contributed by atoms with Crippen LogP contribution in [0.1, 0.15) is 7.60 Å². The van der Waals surface area contributed by atoms with Crippen LogP contribution in [-0.4, -0.2) is 69.3 Å². The van der Waals surface area contributed by atoms with E-state index in [-0.39, 0.29) is 17.1 Å². The Morgan fingerprint density at radius 3 is 2.68 bits per heavy atom. The third-order valence-electron chi connectivity index (χ3n) is 3.60. The number of fused-ring (bicyclic) bond motifs is 1. The molecule has 2 aromatic heterocycles. The minimum atomic E-state index is -5.35. The van der Waals surface area contributed by atoms with Crippen LogP contribution in [0.2, 0.25) is 0 Å². The van der Waals surface area contributed by atoms with Gasteiger partial charge in [0.15, 0.2) is 17.4 Å². The van der Waals surface area contributed by atoms with Gasteiger partial charge in [0, 0.05) is 0 Å². The van der Waals surface area contributed by atoms with E-state index in [1.165, 1.54) is 0 Å². The molecule has 0 radical (unpaired) electrons. The van der Waals surface area contributed by atoms with Crippen LogP contribution < -0.4 is 11.3 Å². The first-order chi connectivity index (χ1) is 13.3. The lowest BCUT2D eigenvalue weighted by molar-refractivity contribution is -0.0503. The lowest BCUT2D eigenvalue weighted by atomic mass is 10.1. The fraction of sp³-hybridized carbons (Fsp3) is 0.500. The van der Waals surface area contributed by atoms with Crippen molar-refractivity contribution in [1.82, 2.24) is 19.5 Å². The van der Waals surface area contributed by atoms with Crippen molar-refractivity contribution in [2.75, 3.05) is 12.3 Å². The van der Waals surface area contributed by atoms with E-state index in [2.05, 4.69) is 23.8 Å². The third kappa shape index (κ3) is 4.31. The van der Waals surface area contributed by atoms with Crippen LogP contribution in [0.4, 0.5) is 5.95 Å². The Bertz CT molecular complexity index is 1080. The van der Waals surface area contributed by atoms with Gasteiger partial charge >= 0.3 is 15.6 Å². The molecule has 3 rings (SSSR count). The van der Waals surface area contributed by atoms with E-state index < -0.39 is 58.7 Å². The summed E-state index contributed by atoms with van der Waals surface area (Å²) in [5.74, 6) is -0.313. The molecule has 0 bridgehead atoms. The van der Waals surface area contributed by atoms with Crippen molar-refractivity contribution in [3.05, 3.63) is 16.7 Å². The van der Waals surface area contributed by atoms with Crippen LogP contribution in [0.25, 0.3) is 11.2 Å². The number of aromatic nitrogens is 4. The summed E-state index contributed by atoms with van der Waals surface area (Å²) in [7, 11) is -10.6. The van der Waals surface area contributed by atoms with Gasteiger partial charge in [0.1, 0.15) is 19.7 Å². The molecular formula is C10H15N5O11P2. The molecule has 3 heterocycles. The first-order valence-corrected chi connectivity index (χ1v) is 10.3. The van der Waals surface area contributed by atoms with Gasteiger partial charge < -0.3 is 35.4 Å².